The lowest BCUT2D eigenvalue weighted by Crippen LogP contribution is -2.75. The third-order valence-corrected chi connectivity index (χ3v) is 4.15. The van der Waals surface area contributed by atoms with Gasteiger partial charge in [0.05, 0.1) is 25.0 Å². The summed E-state index contributed by atoms with van der Waals surface area (Å²) in [5.74, 6) is -0.115. The summed E-state index contributed by atoms with van der Waals surface area (Å²) in [6, 6.07) is -1.11. The van der Waals surface area contributed by atoms with E-state index in [4.69, 9.17) is 25.8 Å². The first kappa shape index (κ1) is 22.9. The van der Waals surface area contributed by atoms with Crippen LogP contribution in [0.1, 0.15) is 0 Å². The average Bonchev–Trinajstić information content (AvgIpc) is 2.64. The minimum atomic E-state index is -2.61. The molecule has 26 heavy (non-hydrogen) atoms. The highest BCUT2D eigenvalue weighted by atomic mass is 35.5. The quantitative estimate of drug-likeness (QED) is 0.149. The monoisotopic (exact) mass is 401 g/mol. The highest BCUT2D eigenvalue weighted by Gasteiger charge is 2.60. The van der Waals surface area contributed by atoms with Gasteiger partial charge in [0, 0.05) is 26.6 Å². The van der Waals surface area contributed by atoms with Crippen molar-refractivity contribution in [2.75, 3.05) is 46.4 Å². The molecular weight excluding hydrogens is 378 g/mol. The molecule has 1 aliphatic rings. The number of ether oxygens (including phenoxy) is 3. The molecule has 1 aliphatic heterocycles. The van der Waals surface area contributed by atoms with Crippen LogP contribution in [-0.4, -0.2) is 113 Å². The number of nitrogens with zero attached hydrogens (tertiary/aromatic N) is 3. The van der Waals surface area contributed by atoms with E-state index in [0.29, 0.717) is 9.91 Å². The van der Waals surface area contributed by atoms with E-state index in [1.807, 2.05) is 0 Å². The topological polar surface area (TPSA) is 162 Å². The summed E-state index contributed by atoms with van der Waals surface area (Å²) in [5.41, 5.74) is -2.61. The molecule has 0 saturated carbocycles. The Morgan fingerprint density at radius 3 is 2.46 bits per heavy atom. The van der Waals surface area contributed by atoms with Crippen molar-refractivity contribution in [3.63, 3.8) is 0 Å². The minimum absolute atomic E-state index is 0.0930. The summed E-state index contributed by atoms with van der Waals surface area (Å²) < 4.78 is 15.1. The fourth-order valence-electron chi connectivity index (χ4n) is 2.60. The molecule has 0 bridgehead atoms. The van der Waals surface area contributed by atoms with Crippen LogP contribution < -0.4 is 0 Å². The Morgan fingerprint density at radius 2 is 2.00 bits per heavy atom. The zero-order valence-corrected chi connectivity index (χ0v) is 15.2. The van der Waals surface area contributed by atoms with Crippen molar-refractivity contribution in [1.29, 1.82) is 0 Å². The van der Waals surface area contributed by atoms with Gasteiger partial charge in [-0.3, -0.25) is 4.90 Å². The number of methoxy groups -OCH3 is 2. The van der Waals surface area contributed by atoms with Crippen molar-refractivity contribution in [2.24, 2.45) is 5.29 Å². The summed E-state index contributed by atoms with van der Waals surface area (Å²) in [6.45, 7) is -1.34. The highest BCUT2D eigenvalue weighted by Crippen LogP contribution is 2.34. The summed E-state index contributed by atoms with van der Waals surface area (Å²) in [5, 5.41) is 43.8. The van der Waals surface area contributed by atoms with E-state index in [2.05, 4.69) is 5.29 Å². The van der Waals surface area contributed by atoms with Gasteiger partial charge in [0.1, 0.15) is 18.3 Å². The summed E-state index contributed by atoms with van der Waals surface area (Å²) in [4.78, 5) is 24.3. The maximum atomic E-state index is 12.7. The maximum Gasteiger partial charge on any atom is 0.345 e. The Bertz CT molecular complexity index is 470. The van der Waals surface area contributed by atoms with E-state index >= 15 is 0 Å². The van der Waals surface area contributed by atoms with Crippen molar-refractivity contribution in [3.05, 3.63) is 4.91 Å². The molecule has 4 N–H and O–H groups in total. The Balaban J connectivity index is 3.30. The second kappa shape index (κ2) is 10.3. The van der Waals surface area contributed by atoms with E-state index in [1.54, 1.807) is 0 Å². The largest absolute Gasteiger partial charge is 0.394 e. The molecule has 152 valence electrons. The van der Waals surface area contributed by atoms with Gasteiger partial charge in [-0.2, -0.15) is 5.01 Å². The lowest BCUT2D eigenvalue weighted by molar-refractivity contribution is -0.368. The van der Waals surface area contributed by atoms with Gasteiger partial charge in [-0.05, 0) is 0 Å². The normalized spacial score (nSPS) is 31.5. The molecule has 1 fully saturated rings. The predicted octanol–water partition coefficient (Wildman–Crippen LogP) is -1.95. The number of halogens is 1. The number of hydrogen-bond donors (Lipinski definition) is 4. The van der Waals surface area contributed by atoms with E-state index < -0.39 is 43.0 Å². The van der Waals surface area contributed by atoms with E-state index in [0.717, 1.165) is 7.11 Å². The first-order chi connectivity index (χ1) is 12.3. The average molecular weight is 402 g/mol. The fraction of sp³-hybridized carbons (Fsp3) is 0.923. The lowest BCUT2D eigenvalue weighted by Gasteiger charge is -2.51. The van der Waals surface area contributed by atoms with Crippen molar-refractivity contribution < 1.29 is 39.4 Å². The lowest BCUT2D eigenvalue weighted by atomic mass is 9.92. The molecule has 5 atom stereocenters. The van der Waals surface area contributed by atoms with E-state index in [1.165, 1.54) is 7.11 Å². The zero-order chi connectivity index (χ0) is 19.9. The Kier molecular flexibility index (Phi) is 9.06. The fourth-order valence-corrected chi connectivity index (χ4v) is 2.76. The molecule has 0 spiro atoms. The van der Waals surface area contributed by atoms with Gasteiger partial charge >= 0.3 is 6.03 Å². The van der Waals surface area contributed by atoms with Gasteiger partial charge in [0.2, 0.25) is 12.0 Å². The third kappa shape index (κ3) is 4.40. The number of urea groups is 1. The molecule has 1 heterocycles. The number of carbonyl (C=O) groups excluding carboxylic acids is 1. The SMILES string of the molecule is COCCN(C(=O)N(CCCl)N=O)[C@@]1(O)[C@@H](OC)O[C@H](CO)[C@@H](O)[C@@H]1O. The van der Waals surface area contributed by atoms with Crippen LogP contribution in [0.15, 0.2) is 5.29 Å². The van der Waals surface area contributed by atoms with Gasteiger partial charge in [-0.1, -0.05) is 0 Å². The van der Waals surface area contributed by atoms with Crippen molar-refractivity contribution in [3.8, 4) is 0 Å². The highest BCUT2D eigenvalue weighted by molar-refractivity contribution is 6.18. The molecular formula is C13H24ClN3O9. The van der Waals surface area contributed by atoms with Crippen LogP contribution in [-0.2, 0) is 14.2 Å². The predicted molar refractivity (Wildman–Crippen MR) is 86.9 cm³/mol. The molecule has 0 aromatic carbocycles. The molecule has 0 unspecified atom stereocenters. The Morgan fingerprint density at radius 1 is 1.35 bits per heavy atom. The molecule has 2 amide bonds. The van der Waals surface area contributed by atoms with E-state index in [9.17, 15) is 30.1 Å². The van der Waals surface area contributed by atoms with Crippen molar-refractivity contribution >= 4 is 17.6 Å². The molecule has 1 saturated heterocycles. The van der Waals surface area contributed by atoms with Crippen LogP contribution in [0.5, 0.6) is 0 Å². The number of aliphatic hydroxyl groups is 4. The molecule has 0 aromatic rings. The van der Waals surface area contributed by atoms with Crippen LogP contribution in [0.2, 0.25) is 0 Å². The first-order valence-corrected chi connectivity index (χ1v) is 8.21. The summed E-state index contributed by atoms with van der Waals surface area (Å²) >= 11 is 5.53. The first-order valence-electron chi connectivity index (χ1n) is 7.68. The van der Waals surface area contributed by atoms with Gasteiger partial charge < -0.3 is 34.6 Å². The number of nitroso groups, excluding NO2 is 1. The number of aliphatic hydroxyl groups excluding tert-OH is 3. The zero-order valence-electron chi connectivity index (χ0n) is 14.4. The second-order valence-electron chi connectivity index (χ2n) is 5.46. The summed E-state index contributed by atoms with van der Waals surface area (Å²) in [6.07, 6.45) is -6.66. The number of alkyl halides is 1. The third-order valence-electron chi connectivity index (χ3n) is 3.98. The van der Waals surface area contributed by atoms with Crippen LogP contribution in [0, 0.1) is 4.91 Å². The van der Waals surface area contributed by atoms with Crippen LogP contribution in [0.4, 0.5) is 4.79 Å². The minimum Gasteiger partial charge on any atom is -0.394 e. The van der Waals surface area contributed by atoms with Crippen LogP contribution in [0.3, 0.4) is 0 Å². The smallest absolute Gasteiger partial charge is 0.345 e. The molecule has 1 rings (SSSR count). The molecule has 0 aromatic heterocycles. The summed E-state index contributed by atoms with van der Waals surface area (Å²) in [7, 11) is 2.46. The number of hydrogen-bond acceptors (Lipinski definition) is 10. The van der Waals surface area contributed by atoms with Gasteiger partial charge in [-0.25, -0.2) is 4.79 Å². The maximum absolute atomic E-state index is 12.7. The molecule has 13 heteroatoms. The van der Waals surface area contributed by atoms with Crippen LogP contribution in [0.25, 0.3) is 0 Å². The van der Waals surface area contributed by atoms with E-state index in [-0.39, 0.29) is 25.6 Å². The second-order valence-corrected chi connectivity index (χ2v) is 5.84. The number of carbonyl (C=O) groups is 1. The van der Waals surface area contributed by atoms with Crippen molar-refractivity contribution in [1.82, 2.24) is 9.91 Å². The molecule has 12 nitrogen and oxygen atoms in total. The Labute approximate surface area is 154 Å². The van der Waals surface area contributed by atoms with Gasteiger partial charge in [0.25, 0.3) is 0 Å². The Hall–Kier alpha value is -1.12. The van der Waals surface area contributed by atoms with Gasteiger partial charge in [0.15, 0.2) is 0 Å². The number of amides is 2. The van der Waals surface area contributed by atoms with Crippen LogP contribution >= 0.6 is 11.6 Å². The molecule has 0 aliphatic carbocycles. The molecule has 0 radical (unpaired) electrons. The van der Waals surface area contributed by atoms with Gasteiger partial charge in [-0.15, -0.1) is 16.5 Å². The standard InChI is InChI=1S/C13H24ClN3O9/c1-24-6-5-16(12(21)17(15-23)4-3-14)13(22)10(20)9(19)8(7-18)26-11(13)25-2/h8-11,18-20,22H,3-7H2,1-2H3/t8-,9-,10+,11+,13+/m1/s1. The number of rotatable bonds is 9. The van der Waals surface area contributed by atoms with Crippen molar-refractivity contribution in [2.45, 2.75) is 30.3 Å².